The molecule has 1 aliphatic carbocycles. The van der Waals surface area contributed by atoms with E-state index in [1.165, 1.54) is 4.88 Å². The highest BCUT2D eigenvalue weighted by molar-refractivity contribution is 7.09. The SMILES string of the molecule is C=CCNCC(=O)N(Cc1cccs1)C1CC1. The molecule has 0 atom stereocenters. The topological polar surface area (TPSA) is 32.3 Å². The predicted molar refractivity (Wildman–Crippen MR) is 71.0 cm³/mol. The Bertz CT molecular complexity index is 371. The van der Waals surface area contributed by atoms with Crippen LogP contribution in [0.5, 0.6) is 0 Å². The van der Waals surface area contributed by atoms with Crippen LogP contribution in [0.4, 0.5) is 0 Å². The third kappa shape index (κ3) is 3.68. The number of hydrogen-bond donors (Lipinski definition) is 1. The fourth-order valence-corrected chi connectivity index (χ4v) is 2.46. The summed E-state index contributed by atoms with van der Waals surface area (Å²) in [4.78, 5) is 15.3. The Morgan fingerprint density at radius 3 is 3.06 bits per heavy atom. The highest BCUT2D eigenvalue weighted by Crippen LogP contribution is 2.29. The number of thiophene rings is 1. The highest BCUT2D eigenvalue weighted by atomic mass is 32.1. The Balaban J connectivity index is 1.87. The van der Waals surface area contributed by atoms with Gasteiger partial charge in [0.05, 0.1) is 13.1 Å². The van der Waals surface area contributed by atoms with Crippen LogP contribution < -0.4 is 5.32 Å². The molecular weight excluding hydrogens is 232 g/mol. The summed E-state index contributed by atoms with van der Waals surface area (Å²) in [6.45, 7) is 5.48. The number of carbonyl (C=O) groups is 1. The molecule has 1 N–H and O–H groups in total. The molecule has 0 unspecified atom stereocenters. The maximum atomic E-state index is 12.1. The zero-order chi connectivity index (χ0) is 12.1. The molecule has 1 amide bonds. The zero-order valence-electron chi connectivity index (χ0n) is 9.89. The van der Waals surface area contributed by atoms with E-state index >= 15 is 0 Å². The minimum atomic E-state index is 0.197. The lowest BCUT2D eigenvalue weighted by Gasteiger charge is -2.21. The van der Waals surface area contributed by atoms with Gasteiger partial charge in [-0.3, -0.25) is 4.79 Å². The van der Waals surface area contributed by atoms with Gasteiger partial charge in [-0.15, -0.1) is 17.9 Å². The van der Waals surface area contributed by atoms with Crippen molar-refractivity contribution >= 4 is 17.2 Å². The number of carbonyl (C=O) groups excluding carboxylic acids is 1. The standard InChI is InChI=1S/C13H18N2OS/c1-2-7-14-9-13(16)15(11-5-6-11)10-12-4-3-8-17-12/h2-4,8,11,14H,1,5-7,9-10H2. The maximum Gasteiger partial charge on any atom is 0.237 e. The summed E-state index contributed by atoms with van der Waals surface area (Å²) >= 11 is 1.71. The second kappa shape index (κ2) is 5.98. The van der Waals surface area contributed by atoms with Crippen LogP contribution in [0.25, 0.3) is 0 Å². The Morgan fingerprint density at radius 2 is 2.47 bits per heavy atom. The first-order valence-corrected chi connectivity index (χ1v) is 6.82. The van der Waals surface area contributed by atoms with Crippen LogP contribution in [0.1, 0.15) is 17.7 Å². The first kappa shape index (κ1) is 12.3. The minimum Gasteiger partial charge on any atom is -0.333 e. The molecule has 1 aliphatic rings. The van der Waals surface area contributed by atoms with E-state index < -0.39 is 0 Å². The molecular formula is C13H18N2OS. The second-order valence-electron chi connectivity index (χ2n) is 4.25. The molecule has 0 radical (unpaired) electrons. The molecule has 1 saturated carbocycles. The summed E-state index contributed by atoms with van der Waals surface area (Å²) in [7, 11) is 0. The summed E-state index contributed by atoms with van der Waals surface area (Å²) < 4.78 is 0. The van der Waals surface area contributed by atoms with Crippen LogP contribution in [0, 0.1) is 0 Å². The van der Waals surface area contributed by atoms with Crippen LogP contribution in [0.15, 0.2) is 30.2 Å². The van der Waals surface area contributed by atoms with E-state index in [2.05, 4.69) is 23.3 Å². The average Bonchev–Trinajstić information content (AvgIpc) is 3.03. The second-order valence-corrected chi connectivity index (χ2v) is 5.28. The summed E-state index contributed by atoms with van der Waals surface area (Å²) in [6.07, 6.45) is 4.07. The van der Waals surface area contributed by atoms with Crippen LogP contribution in [0.2, 0.25) is 0 Å². The number of rotatable bonds is 7. The molecule has 0 saturated heterocycles. The van der Waals surface area contributed by atoms with Gasteiger partial charge in [0, 0.05) is 17.5 Å². The largest absolute Gasteiger partial charge is 0.333 e. The van der Waals surface area contributed by atoms with Crippen molar-refractivity contribution in [1.82, 2.24) is 10.2 Å². The molecule has 1 aromatic rings. The van der Waals surface area contributed by atoms with E-state index in [1.807, 2.05) is 11.0 Å². The van der Waals surface area contributed by atoms with Gasteiger partial charge < -0.3 is 10.2 Å². The lowest BCUT2D eigenvalue weighted by Crippen LogP contribution is -2.39. The van der Waals surface area contributed by atoms with E-state index in [4.69, 9.17) is 0 Å². The quantitative estimate of drug-likeness (QED) is 0.593. The number of nitrogens with one attached hydrogen (secondary N) is 1. The molecule has 0 spiro atoms. The first-order chi connectivity index (χ1) is 8.31. The van der Waals surface area contributed by atoms with Crippen LogP contribution in [-0.2, 0) is 11.3 Å². The van der Waals surface area contributed by atoms with Crippen molar-refractivity contribution in [2.45, 2.75) is 25.4 Å². The lowest BCUT2D eigenvalue weighted by atomic mass is 10.3. The number of hydrogen-bond acceptors (Lipinski definition) is 3. The van der Waals surface area contributed by atoms with E-state index in [1.54, 1.807) is 17.4 Å². The normalized spacial score (nSPS) is 14.6. The van der Waals surface area contributed by atoms with Gasteiger partial charge in [-0.1, -0.05) is 12.1 Å². The first-order valence-electron chi connectivity index (χ1n) is 5.94. The van der Waals surface area contributed by atoms with Gasteiger partial charge >= 0.3 is 0 Å². The van der Waals surface area contributed by atoms with Gasteiger partial charge in [0.15, 0.2) is 0 Å². The Labute approximate surface area is 106 Å². The smallest absolute Gasteiger partial charge is 0.237 e. The summed E-state index contributed by atoms with van der Waals surface area (Å²) in [5.41, 5.74) is 0. The Morgan fingerprint density at radius 1 is 1.65 bits per heavy atom. The van der Waals surface area contributed by atoms with Crippen molar-refractivity contribution in [1.29, 1.82) is 0 Å². The van der Waals surface area contributed by atoms with Gasteiger partial charge in [0.25, 0.3) is 0 Å². The minimum absolute atomic E-state index is 0.197. The lowest BCUT2D eigenvalue weighted by molar-refractivity contribution is -0.131. The molecule has 1 aromatic heterocycles. The number of nitrogens with zero attached hydrogens (tertiary/aromatic N) is 1. The third-order valence-electron chi connectivity index (χ3n) is 2.78. The van der Waals surface area contributed by atoms with E-state index in [-0.39, 0.29) is 5.91 Å². The Hall–Kier alpha value is -1.13. The zero-order valence-corrected chi connectivity index (χ0v) is 10.7. The highest BCUT2D eigenvalue weighted by Gasteiger charge is 2.32. The van der Waals surface area contributed by atoms with E-state index in [0.29, 0.717) is 19.1 Å². The number of amides is 1. The van der Waals surface area contributed by atoms with E-state index in [9.17, 15) is 4.79 Å². The van der Waals surface area contributed by atoms with Gasteiger partial charge in [-0.2, -0.15) is 0 Å². The molecule has 17 heavy (non-hydrogen) atoms. The van der Waals surface area contributed by atoms with Crippen LogP contribution in [0.3, 0.4) is 0 Å². The fraction of sp³-hybridized carbons (Fsp3) is 0.462. The van der Waals surface area contributed by atoms with E-state index in [0.717, 1.165) is 19.4 Å². The average molecular weight is 250 g/mol. The van der Waals surface area contributed by atoms with Gasteiger partial charge in [-0.25, -0.2) is 0 Å². The van der Waals surface area contributed by atoms with Crippen molar-refractivity contribution in [2.24, 2.45) is 0 Å². The van der Waals surface area contributed by atoms with Crippen molar-refractivity contribution < 1.29 is 4.79 Å². The fourth-order valence-electron chi connectivity index (χ4n) is 1.76. The molecule has 0 aromatic carbocycles. The van der Waals surface area contributed by atoms with Crippen LogP contribution in [-0.4, -0.2) is 29.9 Å². The van der Waals surface area contributed by atoms with Gasteiger partial charge in [-0.05, 0) is 24.3 Å². The van der Waals surface area contributed by atoms with Crippen LogP contribution >= 0.6 is 11.3 Å². The molecule has 1 heterocycles. The molecule has 92 valence electrons. The van der Waals surface area contributed by atoms with Crippen molar-refractivity contribution in [3.8, 4) is 0 Å². The molecule has 4 heteroatoms. The summed E-state index contributed by atoms with van der Waals surface area (Å²) in [5, 5.41) is 5.13. The van der Waals surface area contributed by atoms with Gasteiger partial charge in [0.1, 0.15) is 0 Å². The molecule has 0 aliphatic heterocycles. The molecule has 1 fully saturated rings. The molecule has 0 bridgehead atoms. The monoisotopic (exact) mass is 250 g/mol. The van der Waals surface area contributed by atoms with Gasteiger partial charge in [0.2, 0.25) is 5.91 Å². The Kier molecular flexibility index (Phi) is 4.34. The van der Waals surface area contributed by atoms with Crippen molar-refractivity contribution in [2.75, 3.05) is 13.1 Å². The molecule has 3 nitrogen and oxygen atoms in total. The van der Waals surface area contributed by atoms with Crippen molar-refractivity contribution in [3.05, 3.63) is 35.0 Å². The molecule has 2 rings (SSSR count). The predicted octanol–water partition coefficient (Wildman–Crippen LogP) is 2.01. The third-order valence-corrected chi connectivity index (χ3v) is 3.64. The maximum absolute atomic E-state index is 12.1. The summed E-state index contributed by atoms with van der Waals surface area (Å²) in [5.74, 6) is 0.197. The summed E-state index contributed by atoms with van der Waals surface area (Å²) in [6, 6.07) is 4.59. The van der Waals surface area contributed by atoms with Crippen molar-refractivity contribution in [3.63, 3.8) is 0 Å².